The van der Waals surface area contributed by atoms with E-state index in [9.17, 15) is 13.6 Å². The third-order valence-electron chi connectivity index (χ3n) is 5.78. The van der Waals surface area contributed by atoms with Gasteiger partial charge in [-0.15, -0.1) is 0 Å². The smallest absolute Gasteiger partial charge is 0.227 e. The standard InChI is InChI=1S/C22H20F2N4O2/c1-11-21(12(2)30-27-11)13-3-6-17-18(9-13)26-22(25-17)19-7-8-20(29)28(19)14-4-5-15(23)16(24)10-14/h3-6,9-10,19,22,25-26H,7-8H2,1-2H3/t19?,22-/m0/s1. The summed E-state index contributed by atoms with van der Waals surface area (Å²) < 4.78 is 32.4. The number of carbonyl (C=O) groups excluding carboxylic acids is 1. The molecule has 3 aromatic rings. The second kappa shape index (κ2) is 6.83. The van der Waals surface area contributed by atoms with Crippen LogP contribution in [0, 0.1) is 25.5 Å². The molecular formula is C22H20F2N4O2. The first-order valence-electron chi connectivity index (χ1n) is 9.80. The highest BCUT2D eigenvalue weighted by molar-refractivity contribution is 5.97. The fourth-order valence-electron chi connectivity index (χ4n) is 4.40. The molecule has 1 unspecified atom stereocenters. The zero-order chi connectivity index (χ0) is 21.0. The predicted octanol–water partition coefficient (Wildman–Crippen LogP) is 4.60. The Kier molecular flexibility index (Phi) is 4.23. The average Bonchev–Trinajstić information content (AvgIpc) is 3.40. The molecule has 1 fully saturated rings. The average molecular weight is 410 g/mol. The van der Waals surface area contributed by atoms with Crippen LogP contribution in [0.5, 0.6) is 0 Å². The maximum Gasteiger partial charge on any atom is 0.227 e. The first-order chi connectivity index (χ1) is 14.4. The molecule has 154 valence electrons. The van der Waals surface area contributed by atoms with E-state index in [0.29, 0.717) is 18.5 Å². The van der Waals surface area contributed by atoms with Crippen molar-refractivity contribution < 1.29 is 18.1 Å². The molecule has 5 rings (SSSR count). The number of anilines is 3. The Bertz CT molecular complexity index is 1140. The van der Waals surface area contributed by atoms with Gasteiger partial charge in [-0.2, -0.15) is 0 Å². The second-order valence-electron chi connectivity index (χ2n) is 7.69. The maximum atomic E-state index is 13.8. The minimum atomic E-state index is -0.967. The summed E-state index contributed by atoms with van der Waals surface area (Å²) in [4.78, 5) is 14.1. The number of benzene rings is 2. The van der Waals surface area contributed by atoms with Crippen LogP contribution >= 0.6 is 0 Å². The molecule has 1 amide bonds. The Morgan fingerprint density at radius 1 is 1.07 bits per heavy atom. The fourth-order valence-corrected chi connectivity index (χ4v) is 4.40. The summed E-state index contributed by atoms with van der Waals surface area (Å²) in [6, 6.07) is 9.31. The zero-order valence-electron chi connectivity index (χ0n) is 16.5. The van der Waals surface area contributed by atoms with Gasteiger partial charge < -0.3 is 20.1 Å². The molecule has 1 aromatic heterocycles. The Labute approximate surface area is 171 Å². The highest BCUT2D eigenvalue weighted by Crippen LogP contribution is 2.39. The minimum Gasteiger partial charge on any atom is -0.362 e. The van der Waals surface area contributed by atoms with Gasteiger partial charge in [0.25, 0.3) is 0 Å². The number of aromatic nitrogens is 1. The number of hydrogen-bond acceptors (Lipinski definition) is 5. The predicted molar refractivity (Wildman–Crippen MR) is 109 cm³/mol. The summed E-state index contributed by atoms with van der Waals surface area (Å²) >= 11 is 0. The quantitative estimate of drug-likeness (QED) is 0.661. The number of amides is 1. The highest BCUT2D eigenvalue weighted by atomic mass is 19.2. The molecule has 2 atom stereocenters. The first kappa shape index (κ1) is 18.6. The summed E-state index contributed by atoms with van der Waals surface area (Å²) in [5, 5.41) is 10.9. The van der Waals surface area contributed by atoms with Crippen LogP contribution in [0.3, 0.4) is 0 Å². The Morgan fingerprint density at radius 2 is 1.87 bits per heavy atom. The largest absolute Gasteiger partial charge is 0.362 e. The molecule has 0 radical (unpaired) electrons. The van der Waals surface area contributed by atoms with Crippen molar-refractivity contribution in [1.82, 2.24) is 5.16 Å². The maximum absolute atomic E-state index is 13.8. The molecular weight excluding hydrogens is 390 g/mol. The monoisotopic (exact) mass is 410 g/mol. The Morgan fingerprint density at radius 3 is 2.60 bits per heavy atom. The van der Waals surface area contributed by atoms with Crippen LogP contribution in [-0.4, -0.2) is 23.3 Å². The van der Waals surface area contributed by atoms with E-state index in [0.717, 1.165) is 46.1 Å². The summed E-state index contributed by atoms with van der Waals surface area (Å²) in [5.41, 5.74) is 4.95. The Balaban J connectivity index is 1.43. The van der Waals surface area contributed by atoms with Gasteiger partial charge in [0.15, 0.2) is 11.6 Å². The number of carbonyl (C=O) groups is 1. The van der Waals surface area contributed by atoms with Gasteiger partial charge in [-0.25, -0.2) is 8.78 Å². The second-order valence-corrected chi connectivity index (χ2v) is 7.69. The molecule has 6 nitrogen and oxygen atoms in total. The van der Waals surface area contributed by atoms with Gasteiger partial charge in [-0.3, -0.25) is 4.79 Å². The van der Waals surface area contributed by atoms with Gasteiger partial charge >= 0.3 is 0 Å². The van der Waals surface area contributed by atoms with Crippen molar-refractivity contribution in [3.63, 3.8) is 0 Å². The van der Waals surface area contributed by atoms with Crippen molar-refractivity contribution in [1.29, 1.82) is 0 Å². The number of rotatable bonds is 3. The third-order valence-corrected chi connectivity index (χ3v) is 5.78. The van der Waals surface area contributed by atoms with E-state index in [1.54, 1.807) is 4.90 Å². The van der Waals surface area contributed by atoms with E-state index < -0.39 is 11.6 Å². The lowest BCUT2D eigenvalue weighted by molar-refractivity contribution is -0.117. The van der Waals surface area contributed by atoms with Crippen LogP contribution in [0.15, 0.2) is 40.9 Å². The van der Waals surface area contributed by atoms with Crippen molar-refractivity contribution >= 4 is 23.0 Å². The molecule has 2 aliphatic rings. The van der Waals surface area contributed by atoms with Crippen molar-refractivity contribution in [3.05, 3.63) is 59.5 Å². The lowest BCUT2D eigenvalue weighted by Gasteiger charge is -2.30. The zero-order valence-corrected chi connectivity index (χ0v) is 16.5. The number of nitrogens with one attached hydrogen (secondary N) is 2. The van der Waals surface area contributed by atoms with E-state index in [1.807, 2.05) is 32.0 Å². The van der Waals surface area contributed by atoms with Crippen LogP contribution in [-0.2, 0) is 4.79 Å². The van der Waals surface area contributed by atoms with Crippen LogP contribution in [0.25, 0.3) is 11.1 Å². The number of fused-ring (bicyclic) bond motifs is 1. The number of halogens is 2. The third kappa shape index (κ3) is 2.91. The van der Waals surface area contributed by atoms with Crippen molar-refractivity contribution in [3.8, 4) is 11.1 Å². The van der Waals surface area contributed by atoms with E-state index in [1.165, 1.54) is 6.07 Å². The van der Waals surface area contributed by atoms with Gasteiger partial charge in [0.2, 0.25) is 5.91 Å². The van der Waals surface area contributed by atoms with Gasteiger partial charge in [-0.05, 0) is 50.1 Å². The molecule has 0 spiro atoms. The van der Waals surface area contributed by atoms with Crippen molar-refractivity contribution in [2.24, 2.45) is 0 Å². The highest BCUT2D eigenvalue weighted by Gasteiger charge is 2.40. The first-order valence-corrected chi connectivity index (χ1v) is 9.80. The molecule has 2 aliphatic heterocycles. The van der Waals surface area contributed by atoms with Crippen LogP contribution in [0.1, 0.15) is 24.3 Å². The molecule has 0 bridgehead atoms. The summed E-state index contributed by atoms with van der Waals surface area (Å²) in [7, 11) is 0. The van der Waals surface area contributed by atoms with Crippen LogP contribution in [0.2, 0.25) is 0 Å². The molecule has 1 saturated heterocycles. The van der Waals surface area contributed by atoms with E-state index in [-0.39, 0.29) is 18.1 Å². The molecule has 2 N–H and O–H groups in total. The van der Waals surface area contributed by atoms with E-state index in [2.05, 4.69) is 15.8 Å². The van der Waals surface area contributed by atoms with Crippen molar-refractivity contribution in [2.75, 3.05) is 15.5 Å². The summed E-state index contributed by atoms with van der Waals surface area (Å²) in [6.45, 7) is 3.78. The lowest BCUT2D eigenvalue weighted by atomic mass is 10.0. The molecule has 8 heteroatoms. The number of aryl methyl sites for hydroxylation is 2. The SMILES string of the molecule is Cc1noc(C)c1-c1ccc2c(c1)N[C@@H](C1CCC(=O)N1c1ccc(F)c(F)c1)N2. The van der Waals surface area contributed by atoms with Crippen molar-refractivity contribution in [2.45, 2.75) is 38.9 Å². The summed E-state index contributed by atoms with van der Waals surface area (Å²) in [6.07, 6.45) is 0.705. The van der Waals surface area contributed by atoms with E-state index >= 15 is 0 Å². The molecule has 2 aromatic carbocycles. The van der Waals surface area contributed by atoms with Gasteiger partial charge in [0, 0.05) is 23.7 Å². The summed E-state index contributed by atoms with van der Waals surface area (Å²) in [5.74, 6) is -1.26. The lowest BCUT2D eigenvalue weighted by Crippen LogP contribution is -2.46. The van der Waals surface area contributed by atoms with Crippen LogP contribution in [0.4, 0.5) is 25.8 Å². The van der Waals surface area contributed by atoms with E-state index in [4.69, 9.17) is 4.52 Å². The molecule has 30 heavy (non-hydrogen) atoms. The van der Waals surface area contributed by atoms with Crippen LogP contribution < -0.4 is 15.5 Å². The number of nitrogens with zero attached hydrogens (tertiary/aromatic N) is 2. The normalized spacial score (nSPS) is 20.3. The number of hydrogen-bond donors (Lipinski definition) is 2. The molecule has 0 saturated carbocycles. The molecule has 0 aliphatic carbocycles. The fraction of sp³-hybridized carbons (Fsp3) is 0.273. The topological polar surface area (TPSA) is 70.4 Å². The van der Waals surface area contributed by atoms with Gasteiger partial charge in [0.05, 0.1) is 23.1 Å². The van der Waals surface area contributed by atoms with Gasteiger partial charge in [0.1, 0.15) is 11.9 Å². The minimum absolute atomic E-state index is 0.109. The van der Waals surface area contributed by atoms with Gasteiger partial charge in [-0.1, -0.05) is 11.2 Å². The Hall–Kier alpha value is -3.42. The molecule has 3 heterocycles.